The van der Waals surface area contributed by atoms with E-state index in [4.69, 9.17) is 4.74 Å². The van der Waals surface area contributed by atoms with Gasteiger partial charge >= 0.3 is 0 Å². The van der Waals surface area contributed by atoms with Gasteiger partial charge in [0.25, 0.3) is 5.91 Å². The maximum absolute atomic E-state index is 12.3. The molecule has 3 rings (SSSR count). The van der Waals surface area contributed by atoms with E-state index in [1.54, 1.807) is 7.11 Å². The topological polar surface area (TPSA) is 81.0 Å². The fourth-order valence-electron chi connectivity index (χ4n) is 2.86. The first-order valence-corrected chi connectivity index (χ1v) is 8.94. The Bertz CT molecular complexity index is 896. The number of methoxy groups -OCH3 is 1. The lowest BCUT2D eigenvalue weighted by molar-refractivity contribution is -0.141. The fourth-order valence-corrected chi connectivity index (χ4v) is 3.95. The summed E-state index contributed by atoms with van der Waals surface area (Å²) in [5, 5.41) is 0. The molecule has 8 heteroatoms. The number of nitrogens with zero attached hydrogens (tertiary/aromatic N) is 3. The molecule has 3 amide bonds. The summed E-state index contributed by atoms with van der Waals surface area (Å²) in [5.74, 6) is -0.402. The second-order valence-electron chi connectivity index (χ2n) is 5.72. The molecule has 0 spiro atoms. The minimum Gasteiger partial charge on any atom is -0.495 e. The van der Waals surface area contributed by atoms with Crippen molar-refractivity contribution in [1.82, 2.24) is 9.47 Å². The molecule has 7 nitrogen and oxygen atoms in total. The second-order valence-corrected chi connectivity index (χ2v) is 6.73. The van der Waals surface area contributed by atoms with E-state index in [0.29, 0.717) is 11.3 Å². The number of likely N-dealkylation sites (tertiary alicyclic amines) is 1. The average molecular weight is 361 g/mol. The monoisotopic (exact) mass is 361 g/mol. The van der Waals surface area contributed by atoms with Crippen molar-refractivity contribution in [2.75, 3.05) is 13.7 Å². The predicted octanol–water partition coefficient (Wildman–Crippen LogP) is 1.70. The van der Waals surface area contributed by atoms with Crippen LogP contribution in [-0.4, -0.2) is 40.8 Å². The first kappa shape index (κ1) is 17.3. The molecule has 1 aromatic heterocycles. The molecule has 2 heterocycles. The highest BCUT2D eigenvalue weighted by Gasteiger charge is 2.30. The zero-order valence-corrected chi connectivity index (χ0v) is 15.0. The summed E-state index contributed by atoms with van der Waals surface area (Å²) in [6.45, 7) is 2.43. The lowest BCUT2D eigenvalue weighted by atomic mass is 10.3. The normalized spacial score (nSPS) is 15.4. The van der Waals surface area contributed by atoms with E-state index in [2.05, 4.69) is 4.99 Å². The minimum atomic E-state index is -0.501. The van der Waals surface area contributed by atoms with Crippen molar-refractivity contribution in [2.24, 2.45) is 4.99 Å². The van der Waals surface area contributed by atoms with Gasteiger partial charge in [0.2, 0.25) is 11.8 Å². The van der Waals surface area contributed by atoms with Gasteiger partial charge in [-0.3, -0.25) is 19.3 Å². The molecule has 0 unspecified atom stereocenters. The number of benzene rings is 1. The summed E-state index contributed by atoms with van der Waals surface area (Å²) < 4.78 is 8.34. The highest BCUT2D eigenvalue weighted by atomic mass is 32.1. The number of thiazole rings is 1. The molecule has 0 saturated carbocycles. The van der Waals surface area contributed by atoms with Crippen molar-refractivity contribution in [1.29, 1.82) is 0 Å². The van der Waals surface area contributed by atoms with Gasteiger partial charge in [-0.2, -0.15) is 4.99 Å². The van der Waals surface area contributed by atoms with Crippen molar-refractivity contribution < 1.29 is 19.1 Å². The summed E-state index contributed by atoms with van der Waals surface area (Å²) in [7, 11) is 1.61. The Morgan fingerprint density at radius 2 is 2.00 bits per heavy atom. The van der Waals surface area contributed by atoms with Gasteiger partial charge in [0.15, 0.2) is 4.80 Å². The Morgan fingerprint density at radius 3 is 2.64 bits per heavy atom. The molecule has 1 aliphatic rings. The zero-order valence-electron chi connectivity index (χ0n) is 14.2. The quantitative estimate of drug-likeness (QED) is 0.759. The Hall–Kier alpha value is -2.48. The summed E-state index contributed by atoms with van der Waals surface area (Å²) in [6, 6.07) is 5.71. The number of carbonyl (C=O) groups is 3. The second kappa shape index (κ2) is 7.18. The molecule has 1 fully saturated rings. The van der Waals surface area contributed by atoms with Gasteiger partial charge < -0.3 is 9.30 Å². The third kappa shape index (κ3) is 3.34. The lowest BCUT2D eigenvalue weighted by Gasteiger charge is -2.10. The molecule has 132 valence electrons. The third-order valence-corrected chi connectivity index (χ3v) is 5.04. The van der Waals surface area contributed by atoms with E-state index in [1.807, 2.05) is 29.7 Å². The Balaban J connectivity index is 2.00. The fraction of sp³-hybridized carbons (Fsp3) is 0.412. The summed E-state index contributed by atoms with van der Waals surface area (Å²) >= 11 is 1.39. The Kier molecular flexibility index (Phi) is 4.98. The predicted molar refractivity (Wildman–Crippen MR) is 93.2 cm³/mol. The van der Waals surface area contributed by atoms with E-state index in [0.717, 1.165) is 27.3 Å². The molecular weight excluding hydrogens is 342 g/mol. The number of ether oxygens (including phenoxy) is 1. The molecule has 0 N–H and O–H groups in total. The molecule has 0 radical (unpaired) electrons. The van der Waals surface area contributed by atoms with E-state index in [9.17, 15) is 14.4 Å². The highest BCUT2D eigenvalue weighted by Crippen LogP contribution is 2.27. The van der Waals surface area contributed by atoms with Crippen LogP contribution in [0.3, 0.4) is 0 Å². The molecular formula is C17H19N3O4S. The highest BCUT2D eigenvalue weighted by molar-refractivity contribution is 7.16. The standard InChI is InChI=1S/C17H19N3O4S/c1-3-9-19-16-11(24-2)5-4-6-12(16)25-17(19)18-13(21)10-20-14(22)7-8-15(20)23/h4-6H,3,7-10H2,1-2H3. The van der Waals surface area contributed by atoms with Gasteiger partial charge in [0, 0.05) is 19.4 Å². The van der Waals surface area contributed by atoms with Crippen molar-refractivity contribution in [2.45, 2.75) is 32.7 Å². The Morgan fingerprint density at radius 1 is 1.28 bits per heavy atom. The SMILES string of the molecule is CCCn1c(=NC(=O)CN2C(=O)CCC2=O)sc2cccc(OC)c21. The average Bonchev–Trinajstić information content (AvgIpc) is 3.10. The maximum Gasteiger partial charge on any atom is 0.268 e. The first-order chi connectivity index (χ1) is 12.0. The molecule has 0 aliphatic carbocycles. The van der Waals surface area contributed by atoms with Crippen molar-refractivity contribution in [3.8, 4) is 5.75 Å². The zero-order chi connectivity index (χ0) is 18.0. The van der Waals surface area contributed by atoms with E-state index in [-0.39, 0.29) is 31.2 Å². The maximum atomic E-state index is 12.3. The largest absolute Gasteiger partial charge is 0.495 e. The van der Waals surface area contributed by atoms with Crippen LogP contribution < -0.4 is 9.54 Å². The van der Waals surface area contributed by atoms with Crippen LogP contribution in [0.4, 0.5) is 0 Å². The van der Waals surface area contributed by atoms with E-state index >= 15 is 0 Å². The number of aryl methyl sites for hydroxylation is 1. The van der Waals surface area contributed by atoms with Gasteiger partial charge in [-0.25, -0.2) is 0 Å². The van der Waals surface area contributed by atoms with Crippen LogP contribution in [-0.2, 0) is 20.9 Å². The molecule has 25 heavy (non-hydrogen) atoms. The van der Waals surface area contributed by atoms with E-state index in [1.165, 1.54) is 11.3 Å². The van der Waals surface area contributed by atoms with Gasteiger partial charge in [0.05, 0.1) is 11.8 Å². The van der Waals surface area contributed by atoms with Crippen molar-refractivity contribution in [3.05, 3.63) is 23.0 Å². The van der Waals surface area contributed by atoms with Crippen LogP contribution in [0.5, 0.6) is 5.75 Å². The third-order valence-electron chi connectivity index (χ3n) is 4.00. The van der Waals surface area contributed by atoms with Crippen LogP contribution in [0.1, 0.15) is 26.2 Å². The summed E-state index contributed by atoms with van der Waals surface area (Å²) in [5.41, 5.74) is 0.900. The van der Waals surface area contributed by atoms with Crippen molar-refractivity contribution in [3.63, 3.8) is 0 Å². The number of hydrogen-bond donors (Lipinski definition) is 0. The smallest absolute Gasteiger partial charge is 0.268 e. The summed E-state index contributed by atoms with van der Waals surface area (Å²) in [6.07, 6.45) is 1.21. The van der Waals surface area contributed by atoms with Crippen LogP contribution in [0.25, 0.3) is 10.2 Å². The lowest BCUT2D eigenvalue weighted by Crippen LogP contribution is -2.34. The Labute approximate surface area is 148 Å². The number of aromatic nitrogens is 1. The number of para-hydroxylation sites is 1. The van der Waals surface area contributed by atoms with Gasteiger partial charge in [-0.15, -0.1) is 0 Å². The van der Waals surface area contributed by atoms with Crippen molar-refractivity contribution >= 4 is 39.3 Å². The van der Waals surface area contributed by atoms with Gasteiger partial charge in [0.1, 0.15) is 17.8 Å². The van der Waals surface area contributed by atoms with E-state index < -0.39 is 5.91 Å². The minimum absolute atomic E-state index is 0.169. The number of fused-ring (bicyclic) bond motifs is 1. The number of hydrogen-bond acceptors (Lipinski definition) is 5. The van der Waals surface area contributed by atoms with Crippen LogP contribution in [0.15, 0.2) is 23.2 Å². The number of amides is 3. The summed E-state index contributed by atoms with van der Waals surface area (Å²) in [4.78, 5) is 41.3. The first-order valence-electron chi connectivity index (χ1n) is 8.12. The number of imide groups is 1. The number of rotatable bonds is 5. The molecule has 0 atom stereocenters. The van der Waals surface area contributed by atoms with Gasteiger partial charge in [-0.1, -0.05) is 24.3 Å². The molecule has 1 saturated heterocycles. The molecule has 2 aromatic rings. The van der Waals surface area contributed by atoms with Crippen LogP contribution >= 0.6 is 11.3 Å². The van der Waals surface area contributed by atoms with Crippen LogP contribution in [0, 0.1) is 0 Å². The van der Waals surface area contributed by atoms with Crippen LogP contribution in [0.2, 0.25) is 0 Å². The van der Waals surface area contributed by atoms with Gasteiger partial charge in [-0.05, 0) is 18.6 Å². The number of carbonyl (C=O) groups excluding carboxylic acids is 3. The molecule has 1 aliphatic heterocycles. The molecule has 1 aromatic carbocycles. The molecule has 0 bridgehead atoms.